The zero-order chi connectivity index (χ0) is 20.4. The van der Waals surface area contributed by atoms with Gasteiger partial charge in [-0.15, -0.1) is 10.2 Å². The highest BCUT2D eigenvalue weighted by atomic mass is 32.2. The van der Waals surface area contributed by atoms with Gasteiger partial charge >= 0.3 is 0 Å². The molecule has 1 saturated heterocycles. The number of hydrogen-bond acceptors (Lipinski definition) is 4. The molecule has 29 heavy (non-hydrogen) atoms. The topological polar surface area (TPSA) is 51.0 Å². The van der Waals surface area contributed by atoms with Crippen LogP contribution in [0.25, 0.3) is 5.69 Å². The Morgan fingerprint density at radius 3 is 2.72 bits per heavy atom. The van der Waals surface area contributed by atoms with Crippen molar-refractivity contribution in [3.8, 4) is 5.69 Å². The Hall–Kier alpha value is -2.67. The van der Waals surface area contributed by atoms with Gasteiger partial charge in [-0.3, -0.25) is 9.36 Å². The van der Waals surface area contributed by atoms with E-state index < -0.39 is 0 Å². The summed E-state index contributed by atoms with van der Waals surface area (Å²) in [5, 5.41) is 8.83. The zero-order valence-corrected chi connectivity index (χ0v) is 17.3. The molecule has 1 aliphatic rings. The first-order chi connectivity index (χ1) is 14.0. The highest BCUT2D eigenvalue weighted by Gasteiger charge is 2.35. The van der Waals surface area contributed by atoms with Crippen LogP contribution in [0, 0.1) is 18.7 Å². The van der Waals surface area contributed by atoms with E-state index in [9.17, 15) is 9.18 Å². The minimum absolute atomic E-state index is 0.00828. The van der Waals surface area contributed by atoms with Crippen LogP contribution >= 0.6 is 11.8 Å². The summed E-state index contributed by atoms with van der Waals surface area (Å²) < 4.78 is 16.2. The van der Waals surface area contributed by atoms with E-state index in [4.69, 9.17) is 0 Å². The van der Waals surface area contributed by atoms with Gasteiger partial charge in [0.2, 0.25) is 5.91 Å². The fourth-order valence-electron chi connectivity index (χ4n) is 3.78. The standard InChI is InChI=1S/C22H23FN4OS/c1-15-7-9-17(10-8-15)27-14-24-25-22(27)29-13-21(28)26-12-16(2)11-20(26)18-5-3-4-6-19(18)23/h3-10,14,16,20H,11-13H2,1-2H3. The van der Waals surface area contributed by atoms with Gasteiger partial charge < -0.3 is 4.90 Å². The quantitative estimate of drug-likeness (QED) is 0.585. The van der Waals surface area contributed by atoms with Gasteiger partial charge in [0.1, 0.15) is 12.1 Å². The van der Waals surface area contributed by atoms with Crippen LogP contribution < -0.4 is 0 Å². The van der Waals surface area contributed by atoms with Crippen molar-refractivity contribution in [3.63, 3.8) is 0 Å². The monoisotopic (exact) mass is 410 g/mol. The molecule has 1 aliphatic heterocycles. The first-order valence-corrected chi connectivity index (χ1v) is 10.6. The molecule has 0 radical (unpaired) electrons. The van der Waals surface area contributed by atoms with Crippen molar-refractivity contribution in [2.24, 2.45) is 5.92 Å². The van der Waals surface area contributed by atoms with Crippen LogP contribution in [-0.4, -0.2) is 37.9 Å². The molecule has 0 aliphatic carbocycles. The van der Waals surface area contributed by atoms with Crippen LogP contribution in [0.4, 0.5) is 4.39 Å². The third kappa shape index (κ3) is 4.19. The van der Waals surface area contributed by atoms with Gasteiger partial charge in [0.25, 0.3) is 0 Å². The van der Waals surface area contributed by atoms with E-state index in [2.05, 4.69) is 17.1 Å². The smallest absolute Gasteiger partial charge is 0.233 e. The fourth-order valence-corrected chi connectivity index (χ4v) is 4.59. The summed E-state index contributed by atoms with van der Waals surface area (Å²) in [6.07, 6.45) is 2.43. The minimum atomic E-state index is -0.254. The number of nitrogens with zero attached hydrogens (tertiary/aromatic N) is 4. The van der Waals surface area contributed by atoms with Gasteiger partial charge in [0, 0.05) is 17.8 Å². The molecule has 1 amide bonds. The average Bonchev–Trinajstić information content (AvgIpc) is 3.34. The van der Waals surface area contributed by atoms with E-state index in [1.807, 2.05) is 46.7 Å². The Morgan fingerprint density at radius 2 is 1.97 bits per heavy atom. The number of carbonyl (C=O) groups is 1. The van der Waals surface area contributed by atoms with Gasteiger partial charge in [-0.2, -0.15) is 0 Å². The molecular formula is C22H23FN4OS. The molecule has 1 fully saturated rings. The molecule has 5 nitrogen and oxygen atoms in total. The number of benzene rings is 2. The molecule has 0 spiro atoms. The second-order valence-corrected chi connectivity index (χ2v) is 8.47. The number of likely N-dealkylation sites (tertiary alicyclic amines) is 1. The van der Waals surface area contributed by atoms with Crippen molar-refractivity contribution in [1.29, 1.82) is 0 Å². The van der Waals surface area contributed by atoms with Crippen LogP contribution in [0.1, 0.15) is 30.5 Å². The predicted molar refractivity (Wildman–Crippen MR) is 111 cm³/mol. The van der Waals surface area contributed by atoms with Gasteiger partial charge in [0.15, 0.2) is 5.16 Å². The van der Waals surface area contributed by atoms with E-state index in [1.54, 1.807) is 18.5 Å². The van der Waals surface area contributed by atoms with Crippen molar-refractivity contribution in [2.45, 2.75) is 31.5 Å². The summed E-state index contributed by atoms with van der Waals surface area (Å²) in [4.78, 5) is 14.8. The number of hydrogen-bond donors (Lipinski definition) is 0. The lowest BCUT2D eigenvalue weighted by atomic mass is 10.0. The summed E-state index contributed by atoms with van der Waals surface area (Å²) in [5.74, 6) is 0.314. The molecule has 3 aromatic rings. The molecule has 150 valence electrons. The molecule has 2 heterocycles. The number of aryl methyl sites for hydroxylation is 1. The first-order valence-electron chi connectivity index (χ1n) is 9.66. The zero-order valence-electron chi connectivity index (χ0n) is 16.5. The third-order valence-electron chi connectivity index (χ3n) is 5.25. The van der Waals surface area contributed by atoms with Crippen LogP contribution in [0.2, 0.25) is 0 Å². The lowest BCUT2D eigenvalue weighted by Gasteiger charge is -2.25. The lowest BCUT2D eigenvalue weighted by molar-refractivity contribution is -0.129. The van der Waals surface area contributed by atoms with Crippen LogP contribution in [0.15, 0.2) is 60.0 Å². The van der Waals surface area contributed by atoms with E-state index in [0.717, 1.165) is 12.1 Å². The predicted octanol–water partition coefficient (Wildman–Crippen LogP) is 4.42. The highest BCUT2D eigenvalue weighted by Crippen LogP contribution is 2.37. The number of thioether (sulfide) groups is 1. The lowest BCUT2D eigenvalue weighted by Crippen LogP contribution is -2.32. The molecule has 7 heteroatoms. The average molecular weight is 411 g/mol. The van der Waals surface area contributed by atoms with Gasteiger partial charge in [0.05, 0.1) is 11.8 Å². The van der Waals surface area contributed by atoms with Gasteiger partial charge in [-0.05, 0) is 37.5 Å². The summed E-state index contributed by atoms with van der Waals surface area (Å²) >= 11 is 1.35. The Kier molecular flexibility index (Phi) is 5.67. The Bertz CT molecular complexity index is 1000. The number of carbonyl (C=O) groups excluding carboxylic acids is 1. The maximum Gasteiger partial charge on any atom is 0.233 e. The molecule has 0 saturated carbocycles. The number of rotatable bonds is 5. The molecule has 2 atom stereocenters. The SMILES string of the molecule is Cc1ccc(-n2cnnc2SCC(=O)N2CC(C)CC2c2ccccc2F)cc1. The summed E-state index contributed by atoms with van der Waals surface area (Å²) in [5.41, 5.74) is 2.72. The summed E-state index contributed by atoms with van der Waals surface area (Å²) in [7, 11) is 0. The van der Waals surface area contributed by atoms with Crippen LogP contribution in [0.3, 0.4) is 0 Å². The Balaban J connectivity index is 1.48. The molecule has 1 aromatic heterocycles. The number of halogens is 1. The maximum atomic E-state index is 14.3. The minimum Gasteiger partial charge on any atom is -0.335 e. The Labute approximate surface area is 173 Å². The van der Waals surface area contributed by atoms with E-state index >= 15 is 0 Å². The van der Waals surface area contributed by atoms with Crippen molar-refractivity contribution < 1.29 is 9.18 Å². The number of amides is 1. The second-order valence-electron chi connectivity index (χ2n) is 7.53. The van der Waals surface area contributed by atoms with E-state index in [-0.39, 0.29) is 23.5 Å². The Morgan fingerprint density at radius 1 is 1.21 bits per heavy atom. The highest BCUT2D eigenvalue weighted by molar-refractivity contribution is 7.99. The summed E-state index contributed by atoms with van der Waals surface area (Å²) in [6.45, 7) is 4.78. The van der Waals surface area contributed by atoms with Crippen molar-refractivity contribution in [2.75, 3.05) is 12.3 Å². The maximum absolute atomic E-state index is 14.3. The van der Waals surface area contributed by atoms with Gasteiger partial charge in [-0.25, -0.2) is 4.39 Å². The fraction of sp³-hybridized carbons (Fsp3) is 0.318. The van der Waals surface area contributed by atoms with Crippen LogP contribution in [0.5, 0.6) is 0 Å². The molecule has 0 N–H and O–H groups in total. The summed E-state index contributed by atoms with van der Waals surface area (Å²) in [6, 6.07) is 14.6. The van der Waals surface area contributed by atoms with Gasteiger partial charge in [-0.1, -0.05) is 54.6 Å². The third-order valence-corrected chi connectivity index (χ3v) is 6.18. The first kappa shape index (κ1) is 19.6. The molecular weight excluding hydrogens is 387 g/mol. The molecule has 0 bridgehead atoms. The van der Waals surface area contributed by atoms with Crippen molar-refractivity contribution in [1.82, 2.24) is 19.7 Å². The molecule has 2 aromatic carbocycles. The number of aromatic nitrogens is 3. The molecule has 4 rings (SSSR count). The van der Waals surface area contributed by atoms with Crippen LogP contribution in [-0.2, 0) is 4.79 Å². The second kappa shape index (κ2) is 8.37. The molecule has 2 unspecified atom stereocenters. The van der Waals surface area contributed by atoms with Crippen molar-refractivity contribution in [3.05, 3.63) is 71.8 Å². The van der Waals surface area contributed by atoms with E-state index in [1.165, 1.54) is 23.4 Å². The van der Waals surface area contributed by atoms with E-state index in [0.29, 0.717) is 23.2 Å². The van der Waals surface area contributed by atoms with Crippen molar-refractivity contribution >= 4 is 17.7 Å². The normalized spacial score (nSPS) is 18.9. The largest absolute Gasteiger partial charge is 0.335 e.